The number of hydrogen-bond donors (Lipinski definition) is 1. The van der Waals surface area contributed by atoms with Gasteiger partial charge in [-0.25, -0.2) is 22.0 Å². The van der Waals surface area contributed by atoms with Crippen molar-refractivity contribution < 1.29 is 16.8 Å². The third-order valence-electron chi connectivity index (χ3n) is 3.90. The number of hydrogen-bond acceptors (Lipinski definition) is 4. The first-order valence-corrected chi connectivity index (χ1v) is 10.8. The van der Waals surface area contributed by atoms with E-state index in [-0.39, 0.29) is 15.8 Å². The van der Waals surface area contributed by atoms with Crippen molar-refractivity contribution in [3.63, 3.8) is 0 Å². The van der Waals surface area contributed by atoms with Gasteiger partial charge in [0.1, 0.15) is 0 Å². The van der Waals surface area contributed by atoms with Gasteiger partial charge in [-0.15, -0.1) is 0 Å². The summed E-state index contributed by atoms with van der Waals surface area (Å²) >= 11 is 3.28. The number of primary sulfonamides is 1. The van der Waals surface area contributed by atoms with Crippen LogP contribution in [0, 0.1) is 0 Å². The van der Waals surface area contributed by atoms with E-state index in [0.717, 1.165) is 4.47 Å². The molecule has 0 fully saturated rings. The normalized spacial score (nSPS) is 17.8. The van der Waals surface area contributed by atoms with Gasteiger partial charge >= 0.3 is 0 Å². The molecule has 128 valence electrons. The molecule has 0 aromatic heterocycles. The summed E-state index contributed by atoms with van der Waals surface area (Å²) in [6, 6.07) is 10.3. The lowest BCUT2D eigenvalue weighted by atomic mass is 10.1. The van der Waals surface area contributed by atoms with E-state index in [1.807, 2.05) is 0 Å². The second-order valence-corrected chi connectivity index (χ2v) is 9.94. The summed E-state index contributed by atoms with van der Waals surface area (Å²) < 4.78 is 51.0. The first-order chi connectivity index (χ1) is 11.1. The summed E-state index contributed by atoms with van der Waals surface area (Å²) in [4.78, 5) is 0.164. The molecule has 24 heavy (non-hydrogen) atoms. The Hall–Kier alpha value is -1.42. The lowest BCUT2D eigenvalue weighted by molar-refractivity contribution is 0.584. The lowest BCUT2D eigenvalue weighted by Gasteiger charge is -2.24. The molecule has 0 unspecified atom stereocenters. The van der Waals surface area contributed by atoms with Crippen LogP contribution in [0.1, 0.15) is 12.5 Å². The number of benzene rings is 2. The molecule has 1 aliphatic heterocycles. The first kappa shape index (κ1) is 17.4. The fourth-order valence-corrected chi connectivity index (χ4v) is 5.36. The van der Waals surface area contributed by atoms with Crippen LogP contribution in [-0.2, 0) is 26.5 Å². The zero-order chi connectivity index (χ0) is 17.7. The van der Waals surface area contributed by atoms with Crippen LogP contribution in [0.15, 0.2) is 56.7 Å². The summed E-state index contributed by atoms with van der Waals surface area (Å²) in [7, 11) is -7.56. The molecule has 2 N–H and O–H groups in total. The number of nitrogens with two attached hydrogens (primary N) is 1. The molecule has 1 atom stereocenters. The predicted molar refractivity (Wildman–Crippen MR) is 94.8 cm³/mol. The summed E-state index contributed by atoms with van der Waals surface area (Å²) in [6.07, 6.45) is 0.425. The molecule has 6 nitrogen and oxygen atoms in total. The number of rotatable bonds is 3. The molecule has 3 rings (SSSR count). The maximum absolute atomic E-state index is 13.0. The Morgan fingerprint density at radius 3 is 2.21 bits per heavy atom. The van der Waals surface area contributed by atoms with Gasteiger partial charge in [0.25, 0.3) is 10.0 Å². The van der Waals surface area contributed by atoms with Crippen molar-refractivity contribution in [3.05, 3.63) is 52.5 Å². The van der Waals surface area contributed by atoms with Gasteiger partial charge in [0.15, 0.2) is 0 Å². The van der Waals surface area contributed by atoms with Gasteiger partial charge in [-0.05, 0) is 61.4 Å². The van der Waals surface area contributed by atoms with E-state index in [2.05, 4.69) is 15.9 Å². The molecule has 0 spiro atoms. The van der Waals surface area contributed by atoms with Crippen molar-refractivity contribution in [2.45, 2.75) is 29.2 Å². The molecule has 2 aromatic rings. The highest BCUT2D eigenvalue weighted by Gasteiger charge is 2.36. The van der Waals surface area contributed by atoms with Crippen LogP contribution >= 0.6 is 15.9 Å². The topological polar surface area (TPSA) is 97.5 Å². The maximum atomic E-state index is 13.0. The van der Waals surface area contributed by atoms with Crippen LogP contribution in [0.4, 0.5) is 5.69 Å². The molecule has 0 amide bonds. The third-order valence-corrected chi connectivity index (χ3v) is 7.29. The highest BCUT2D eigenvalue weighted by Crippen LogP contribution is 2.37. The number of halogens is 1. The summed E-state index contributed by atoms with van der Waals surface area (Å²) in [5.74, 6) is 0. The monoisotopic (exact) mass is 430 g/mol. The van der Waals surface area contributed by atoms with Gasteiger partial charge in [-0.1, -0.05) is 15.9 Å². The Kier molecular flexibility index (Phi) is 4.23. The lowest BCUT2D eigenvalue weighted by Crippen LogP contribution is -2.35. The SMILES string of the molecule is C[C@H]1Cc2cc(S(N)(=O)=O)ccc2N1S(=O)(=O)c1ccc(Br)cc1. The van der Waals surface area contributed by atoms with E-state index in [1.165, 1.54) is 34.6 Å². The molecule has 1 heterocycles. The average molecular weight is 431 g/mol. The first-order valence-electron chi connectivity index (χ1n) is 7.06. The number of nitrogens with zero attached hydrogens (tertiary/aromatic N) is 1. The summed E-state index contributed by atoms with van der Waals surface area (Å²) in [5.41, 5.74) is 1.13. The molecule has 2 aromatic carbocycles. The van der Waals surface area contributed by atoms with Gasteiger partial charge in [0.05, 0.1) is 15.5 Å². The Balaban J connectivity index is 2.10. The minimum Gasteiger partial charge on any atom is -0.263 e. The van der Waals surface area contributed by atoms with E-state index in [4.69, 9.17) is 5.14 Å². The van der Waals surface area contributed by atoms with Crippen molar-refractivity contribution in [3.8, 4) is 0 Å². The molecular weight excluding hydrogens is 416 g/mol. The number of anilines is 1. The largest absolute Gasteiger partial charge is 0.264 e. The average Bonchev–Trinajstić information content (AvgIpc) is 2.82. The zero-order valence-electron chi connectivity index (χ0n) is 12.7. The van der Waals surface area contributed by atoms with Crippen LogP contribution < -0.4 is 9.44 Å². The summed E-state index contributed by atoms with van der Waals surface area (Å²) in [6.45, 7) is 1.78. The Labute approximate surface area is 149 Å². The van der Waals surface area contributed by atoms with E-state index in [0.29, 0.717) is 17.7 Å². The second-order valence-electron chi connectivity index (χ2n) is 5.64. The minimum atomic E-state index is -3.82. The van der Waals surface area contributed by atoms with Crippen molar-refractivity contribution in [2.24, 2.45) is 5.14 Å². The highest BCUT2D eigenvalue weighted by molar-refractivity contribution is 9.10. The highest BCUT2D eigenvalue weighted by atomic mass is 79.9. The van der Waals surface area contributed by atoms with Crippen molar-refractivity contribution >= 4 is 41.7 Å². The fraction of sp³-hybridized carbons (Fsp3) is 0.200. The van der Waals surface area contributed by atoms with Gasteiger partial charge in [0.2, 0.25) is 10.0 Å². The molecule has 0 aliphatic carbocycles. The second kappa shape index (κ2) is 5.83. The van der Waals surface area contributed by atoms with Crippen molar-refractivity contribution in [1.82, 2.24) is 0 Å². The Morgan fingerprint density at radius 2 is 1.62 bits per heavy atom. The molecule has 9 heteroatoms. The van der Waals surface area contributed by atoms with Crippen LogP contribution in [-0.4, -0.2) is 22.9 Å². The van der Waals surface area contributed by atoms with Crippen LogP contribution in [0.25, 0.3) is 0 Å². The Morgan fingerprint density at radius 1 is 1.04 bits per heavy atom. The number of sulfonamides is 2. The van der Waals surface area contributed by atoms with Crippen molar-refractivity contribution in [2.75, 3.05) is 4.31 Å². The number of fused-ring (bicyclic) bond motifs is 1. The Bertz CT molecular complexity index is 1000. The van der Waals surface area contributed by atoms with Crippen LogP contribution in [0.3, 0.4) is 0 Å². The smallest absolute Gasteiger partial charge is 0.263 e. The summed E-state index contributed by atoms with van der Waals surface area (Å²) in [5, 5.41) is 5.15. The minimum absolute atomic E-state index is 0.0173. The van der Waals surface area contributed by atoms with Crippen molar-refractivity contribution in [1.29, 1.82) is 0 Å². The molecule has 0 saturated heterocycles. The van der Waals surface area contributed by atoms with Gasteiger partial charge in [0, 0.05) is 10.5 Å². The van der Waals surface area contributed by atoms with Crippen LogP contribution in [0.2, 0.25) is 0 Å². The van der Waals surface area contributed by atoms with E-state index in [9.17, 15) is 16.8 Å². The van der Waals surface area contributed by atoms with E-state index in [1.54, 1.807) is 19.1 Å². The molecule has 1 aliphatic rings. The van der Waals surface area contributed by atoms with Gasteiger partial charge < -0.3 is 0 Å². The predicted octanol–water partition coefficient (Wildman–Crippen LogP) is 2.24. The standard InChI is InChI=1S/C15H15BrN2O4S2/c1-10-8-11-9-14(23(17,19)20)6-7-15(11)18(10)24(21,22)13-4-2-12(16)3-5-13/h2-7,9-10H,8H2,1H3,(H2,17,19,20)/t10-/m0/s1. The molecule has 0 bridgehead atoms. The van der Waals surface area contributed by atoms with E-state index < -0.39 is 20.0 Å². The molecular formula is C15H15BrN2O4S2. The van der Waals surface area contributed by atoms with Gasteiger partial charge in [-0.2, -0.15) is 0 Å². The van der Waals surface area contributed by atoms with E-state index >= 15 is 0 Å². The fourth-order valence-electron chi connectivity index (χ4n) is 2.84. The molecule has 0 radical (unpaired) electrons. The quantitative estimate of drug-likeness (QED) is 0.806. The maximum Gasteiger partial charge on any atom is 0.264 e. The zero-order valence-corrected chi connectivity index (χ0v) is 15.9. The third kappa shape index (κ3) is 2.97. The van der Waals surface area contributed by atoms with Gasteiger partial charge in [-0.3, -0.25) is 4.31 Å². The molecule has 0 saturated carbocycles. The van der Waals surface area contributed by atoms with Crippen LogP contribution in [0.5, 0.6) is 0 Å².